The highest BCUT2D eigenvalue weighted by Gasteiger charge is 2.23. The summed E-state index contributed by atoms with van der Waals surface area (Å²) in [5.41, 5.74) is 4.93. The van der Waals surface area contributed by atoms with Gasteiger partial charge in [-0.3, -0.25) is 9.20 Å². The normalized spacial score (nSPS) is 13.7. The van der Waals surface area contributed by atoms with Gasteiger partial charge in [-0.05, 0) is 75.3 Å². The molecule has 0 spiro atoms. The van der Waals surface area contributed by atoms with Gasteiger partial charge in [0.1, 0.15) is 39.7 Å². The largest absolute Gasteiger partial charge is 0.483 e. The van der Waals surface area contributed by atoms with Crippen molar-refractivity contribution in [2.45, 2.75) is 39.0 Å². The van der Waals surface area contributed by atoms with Crippen molar-refractivity contribution < 1.29 is 14.3 Å². The van der Waals surface area contributed by atoms with Crippen LogP contribution in [-0.2, 0) is 11.2 Å². The van der Waals surface area contributed by atoms with Crippen molar-refractivity contribution in [1.29, 1.82) is 5.26 Å². The van der Waals surface area contributed by atoms with Crippen LogP contribution in [0.2, 0.25) is 0 Å². The van der Waals surface area contributed by atoms with Crippen LogP contribution in [0.15, 0.2) is 55.0 Å². The number of imidazole rings is 1. The van der Waals surface area contributed by atoms with Gasteiger partial charge in [0.2, 0.25) is 0 Å². The van der Waals surface area contributed by atoms with Crippen molar-refractivity contribution >= 4 is 34.4 Å². The number of anilines is 2. The van der Waals surface area contributed by atoms with Gasteiger partial charge in [0.05, 0.1) is 5.69 Å². The van der Waals surface area contributed by atoms with E-state index in [0.717, 1.165) is 73.0 Å². The Morgan fingerprint density at radius 2 is 1.73 bits per heavy atom. The first-order valence-corrected chi connectivity index (χ1v) is 15.3. The second-order valence-electron chi connectivity index (χ2n) is 10.4. The number of nitrogens with zero attached hydrogens (tertiary/aromatic N) is 8. The van der Waals surface area contributed by atoms with Gasteiger partial charge in [-0.15, -0.1) is 0 Å². The minimum atomic E-state index is -0.328. The maximum absolute atomic E-state index is 13.5. The van der Waals surface area contributed by atoms with E-state index in [1.54, 1.807) is 12.1 Å². The monoisotopic (exact) mass is 612 g/mol. The molecule has 4 aromatic heterocycles. The van der Waals surface area contributed by atoms with E-state index in [9.17, 15) is 9.65 Å². The molecule has 0 saturated carbocycles. The summed E-state index contributed by atoms with van der Waals surface area (Å²) >= 11 is 1.31. The third kappa shape index (κ3) is 6.29. The molecule has 0 aliphatic carbocycles. The fraction of sp³-hybridized carbons (Fsp3) is 0.312. The summed E-state index contributed by atoms with van der Waals surface area (Å²) in [5, 5.41) is 17.4. The maximum Gasteiger partial charge on any atom is 0.290 e. The van der Waals surface area contributed by atoms with Gasteiger partial charge in [-0.2, -0.15) is 5.26 Å². The lowest BCUT2D eigenvalue weighted by molar-refractivity contribution is -0.122. The Kier molecular flexibility index (Phi) is 9.57. The second-order valence-corrected chi connectivity index (χ2v) is 11.4. The lowest BCUT2D eigenvalue weighted by atomic mass is 9.96. The van der Waals surface area contributed by atoms with E-state index < -0.39 is 0 Å². The number of aromatic nitrogens is 5. The molecule has 1 N–H and O–H groups in total. The molecule has 1 saturated heterocycles. The first-order valence-electron chi connectivity index (χ1n) is 14.4. The Morgan fingerprint density at radius 1 is 1.07 bits per heavy atom. The first-order chi connectivity index (χ1) is 21.4. The third-order valence-electron chi connectivity index (χ3n) is 7.84. The van der Waals surface area contributed by atoms with Crippen LogP contribution >= 0.6 is 11.3 Å². The number of hydrogen-bond acceptors (Lipinski definition) is 9. The number of nitriles is 1. The molecule has 1 fully saturated rings. The minimum absolute atomic E-state index is 0.250. The number of pyridine rings is 1. The van der Waals surface area contributed by atoms with Crippen LogP contribution in [0.1, 0.15) is 49.0 Å². The number of likely N-dealkylation sites (tertiary alicyclic amines) is 1. The Hall–Kier alpha value is -4.73. The molecular formula is C32H33FN8O2S. The van der Waals surface area contributed by atoms with Crippen molar-refractivity contribution in [2.24, 2.45) is 0 Å². The molecule has 1 aromatic carbocycles. The number of hydrogen-bond donors (Lipinski definition) is 1. The van der Waals surface area contributed by atoms with E-state index in [-0.39, 0.29) is 12.3 Å². The van der Waals surface area contributed by atoms with E-state index in [0.29, 0.717) is 27.2 Å². The molecule has 0 bridgehead atoms. The van der Waals surface area contributed by atoms with Crippen molar-refractivity contribution in [3.63, 3.8) is 0 Å². The van der Waals surface area contributed by atoms with Crippen LogP contribution < -0.4 is 4.90 Å². The number of piperidine rings is 1. The van der Waals surface area contributed by atoms with Gasteiger partial charge in [0.25, 0.3) is 6.47 Å². The predicted molar refractivity (Wildman–Crippen MR) is 169 cm³/mol. The number of fused-ring (bicyclic) bond motifs is 1. The molecular weight excluding hydrogens is 579 g/mol. The van der Waals surface area contributed by atoms with Gasteiger partial charge in [-0.1, -0.05) is 25.2 Å². The van der Waals surface area contributed by atoms with E-state index >= 15 is 0 Å². The molecule has 0 amide bonds. The van der Waals surface area contributed by atoms with Gasteiger partial charge < -0.3 is 14.9 Å². The molecule has 0 radical (unpaired) electrons. The molecule has 10 nitrogen and oxygen atoms in total. The van der Waals surface area contributed by atoms with Crippen LogP contribution in [-0.4, -0.2) is 67.5 Å². The highest BCUT2D eigenvalue weighted by Crippen LogP contribution is 2.37. The summed E-state index contributed by atoms with van der Waals surface area (Å²) in [7, 11) is 1.94. The molecule has 1 aliphatic rings. The lowest BCUT2D eigenvalue weighted by Gasteiger charge is -2.30. The molecule has 1 aliphatic heterocycles. The zero-order valence-corrected chi connectivity index (χ0v) is 25.6. The zero-order valence-electron chi connectivity index (χ0n) is 24.8. The van der Waals surface area contributed by atoms with Crippen molar-refractivity contribution in [3.05, 3.63) is 77.2 Å². The molecule has 44 heavy (non-hydrogen) atoms. The average molecular weight is 613 g/mol. The van der Waals surface area contributed by atoms with Crippen LogP contribution in [0.25, 0.3) is 28.0 Å². The number of aryl methyl sites for hydroxylation is 1. The van der Waals surface area contributed by atoms with Gasteiger partial charge in [0.15, 0.2) is 5.13 Å². The summed E-state index contributed by atoms with van der Waals surface area (Å²) in [4.78, 5) is 32.5. The van der Waals surface area contributed by atoms with Gasteiger partial charge in [0, 0.05) is 48.2 Å². The number of rotatable bonds is 7. The summed E-state index contributed by atoms with van der Waals surface area (Å²) in [6.45, 7) is 7.32. The quantitative estimate of drug-likeness (QED) is 0.215. The minimum Gasteiger partial charge on any atom is -0.483 e. The van der Waals surface area contributed by atoms with Crippen LogP contribution in [0.3, 0.4) is 0 Å². The number of benzene rings is 1. The first kappa shape index (κ1) is 30.7. The number of halogens is 1. The van der Waals surface area contributed by atoms with Crippen LogP contribution in [0.4, 0.5) is 15.3 Å². The Balaban J connectivity index is 0.00000123. The van der Waals surface area contributed by atoms with Gasteiger partial charge in [-0.25, -0.2) is 24.3 Å². The number of carboxylic acid groups (broad SMARTS) is 1. The Labute approximate surface area is 259 Å². The van der Waals surface area contributed by atoms with Crippen molar-refractivity contribution in [1.82, 2.24) is 29.2 Å². The summed E-state index contributed by atoms with van der Waals surface area (Å²) in [6, 6.07) is 12.4. The second kappa shape index (κ2) is 13.7. The number of carbonyl (C=O) groups is 1. The topological polar surface area (TPSA) is 124 Å². The maximum atomic E-state index is 13.5. The molecule has 12 heteroatoms. The van der Waals surface area contributed by atoms with E-state index in [4.69, 9.17) is 29.8 Å². The zero-order chi connectivity index (χ0) is 31.2. The highest BCUT2D eigenvalue weighted by atomic mass is 32.1. The third-order valence-corrected chi connectivity index (χ3v) is 8.88. The summed E-state index contributed by atoms with van der Waals surface area (Å²) < 4.78 is 15.6. The highest BCUT2D eigenvalue weighted by molar-refractivity contribution is 7.16. The summed E-state index contributed by atoms with van der Waals surface area (Å²) in [6.07, 6.45) is 8.82. The SMILES string of the molecule is CCc1nc2ccc(-c3cnc(C4CCN(CC)CC4)nc3)cn2c1N(C)c1nc(-c2ccc(F)cc2)c(C#N)s1.O=CO. The molecule has 226 valence electrons. The predicted octanol–water partition coefficient (Wildman–Crippen LogP) is 6.16. The Morgan fingerprint density at radius 3 is 2.34 bits per heavy atom. The molecule has 5 heterocycles. The van der Waals surface area contributed by atoms with Gasteiger partial charge >= 0.3 is 0 Å². The molecule has 6 rings (SSSR count). The van der Waals surface area contributed by atoms with E-state index in [1.165, 1.54) is 23.5 Å². The fourth-order valence-electron chi connectivity index (χ4n) is 5.47. The summed E-state index contributed by atoms with van der Waals surface area (Å²) in [5.74, 6) is 1.89. The van der Waals surface area contributed by atoms with Crippen LogP contribution in [0.5, 0.6) is 0 Å². The fourth-order valence-corrected chi connectivity index (χ4v) is 6.32. The average Bonchev–Trinajstić information content (AvgIpc) is 3.67. The smallest absolute Gasteiger partial charge is 0.290 e. The van der Waals surface area contributed by atoms with Crippen LogP contribution in [0, 0.1) is 17.1 Å². The molecule has 0 unspecified atom stereocenters. The standard InChI is InChI=1S/C31H31FN8S.CH2O2/c1-4-25-30(38(3)31-37-28(26(16-33)41-31)20-6-9-24(32)10-7-20)40-19-22(8-11-27(40)36-25)23-17-34-29(35-18-23)21-12-14-39(5-2)15-13-21;2-1-3/h6-11,17-19,21H,4-5,12-15H2,1-3H3;1H,(H,2,3). The molecule has 5 aromatic rings. The van der Waals surface area contributed by atoms with Crippen molar-refractivity contribution in [2.75, 3.05) is 31.6 Å². The van der Waals surface area contributed by atoms with Crippen molar-refractivity contribution in [3.8, 4) is 28.5 Å². The van der Waals surface area contributed by atoms with E-state index in [1.807, 2.05) is 36.5 Å². The molecule has 0 atom stereocenters. The Bertz CT molecular complexity index is 1770. The lowest BCUT2D eigenvalue weighted by Crippen LogP contribution is -2.33. The number of thiazole rings is 1. The van der Waals surface area contributed by atoms with E-state index in [2.05, 4.69) is 35.4 Å².